The summed E-state index contributed by atoms with van der Waals surface area (Å²) < 4.78 is 24.4. The van der Waals surface area contributed by atoms with Gasteiger partial charge in [0.2, 0.25) is 0 Å². The summed E-state index contributed by atoms with van der Waals surface area (Å²) in [6.45, 7) is 1.19. The molecule has 4 heteroatoms. The summed E-state index contributed by atoms with van der Waals surface area (Å²) in [5.41, 5.74) is -1.82. The van der Waals surface area contributed by atoms with Crippen LogP contribution in [0.3, 0.4) is 0 Å². The second kappa shape index (κ2) is 2.94. The lowest BCUT2D eigenvalue weighted by Crippen LogP contribution is -2.18. The number of carbonyl (C=O) groups is 1. The fourth-order valence-corrected chi connectivity index (χ4v) is 1.03. The van der Waals surface area contributed by atoms with Crippen molar-refractivity contribution >= 4 is 5.78 Å². The molecule has 1 N–H and O–H groups in total. The predicted molar refractivity (Wildman–Crippen MR) is 39.0 cm³/mol. The summed E-state index contributed by atoms with van der Waals surface area (Å²) in [6.07, 6.45) is -1.24. The molecule has 1 rings (SSSR count). The van der Waals surface area contributed by atoms with Gasteiger partial charge in [-0.2, -0.15) is 0 Å². The number of alkyl halides is 2. The molecule has 0 aromatic rings. The topological polar surface area (TPSA) is 37.3 Å². The largest absolute Gasteiger partial charge is 0.385 e. The lowest BCUT2D eigenvalue weighted by molar-refractivity contribution is -0.112. The summed E-state index contributed by atoms with van der Waals surface area (Å²) in [5, 5.41) is 9.31. The minimum atomic E-state index is -2.73. The van der Waals surface area contributed by atoms with Crippen molar-refractivity contribution in [2.45, 2.75) is 31.8 Å². The molecule has 0 heterocycles. The molecule has 0 unspecified atom stereocenters. The quantitative estimate of drug-likeness (QED) is 0.658. The molecule has 1 fully saturated rings. The molecule has 12 heavy (non-hydrogen) atoms. The van der Waals surface area contributed by atoms with E-state index < -0.39 is 23.4 Å². The van der Waals surface area contributed by atoms with E-state index in [9.17, 15) is 18.7 Å². The van der Waals surface area contributed by atoms with E-state index in [4.69, 9.17) is 0 Å². The fourth-order valence-electron chi connectivity index (χ4n) is 1.03. The lowest BCUT2D eigenvalue weighted by atomic mass is 10.1. The van der Waals surface area contributed by atoms with Crippen LogP contribution < -0.4 is 0 Å². The average Bonchev–Trinajstić information content (AvgIpc) is 2.63. The van der Waals surface area contributed by atoms with Crippen LogP contribution in [0.25, 0.3) is 0 Å². The summed E-state index contributed by atoms with van der Waals surface area (Å²) in [7, 11) is 0. The number of hydrogen-bond acceptors (Lipinski definition) is 2. The molecule has 1 aliphatic carbocycles. The molecule has 0 aromatic heterocycles. The van der Waals surface area contributed by atoms with Crippen molar-refractivity contribution < 1.29 is 18.7 Å². The Hall–Kier alpha value is -0.770. The molecular formula is C8H10F2O2. The molecule has 0 atom stereocenters. The highest BCUT2D eigenvalue weighted by atomic mass is 19.3. The molecule has 0 spiro atoms. The normalized spacial score (nSPS) is 21.2. The zero-order valence-electron chi connectivity index (χ0n) is 6.68. The van der Waals surface area contributed by atoms with Crippen molar-refractivity contribution in [3.05, 3.63) is 11.6 Å². The maximum absolute atomic E-state index is 12.2. The van der Waals surface area contributed by atoms with Crippen molar-refractivity contribution in [3.8, 4) is 0 Å². The number of aliphatic hydroxyl groups is 1. The summed E-state index contributed by atoms with van der Waals surface area (Å²) in [5.74, 6) is -0.453. The first-order valence-corrected chi connectivity index (χ1v) is 3.69. The molecule has 0 saturated heterocycles. The van der Waals surface area contributed by atoms with Crippen molar-refractivity contribution in [1.82, 2.24) is 0 Å². The minimum absolute atomic E-state index is 0.330. The molecule has 0 aromatic carbocycles. The Bertz CT molecular complexity index is 229. The highest BCUT2D eigenvalue weighted by molar-refractivity contribution is 5.88. The van der Waals surface area contributed by atoms with E-state index in [-0.39, 0.29) is 0 Å². The zero-order valence-corrected chi connectivity index (χ0v) is 6.68. The summed E-state index contributed by atoms with van der Waals surface area (Å²) in [6, 6.07) is 0. The van der Waals surface area contributed by atoms with E-state index in [1.54, 1.807) is 0 Å². The van der Waals surface area contributed by atoms with Crippen LogP contribution in [0, 0.1) is 0 Å². The van der Waals surface area contributed by atoms with Gasteiger partial charge in [-0.3, -0.25) is 4.79 Å². The van der Waals surface area contributed by atoms with Gasteiger partial charge in [0.15, 0.2) is 5.78 Å². The van der Waals surface area contributed by atoms with Crippen LogP contribution in [0.5, 0.6) is 0 Å². The Labute approximate surface area is 68.9 Å². The van der Waals surface area contributed by atoms with E-state index in [1.165, 1.54) is 6.92 Å². The smallest absolute Gasteiger partial charge is 0.263 e. The minimum Gasteiger partial charge on any atom is -0.385 e. The van der Waals surface area contributed by atoms with Crippen LogP contribution in [0.15, 0.2) is 11.6 Å². The fraction of sp³-hybridized carbons (Fsp3) is 0.625. The van der Waals surface area contributed by atoms with Crippen molar-refractivity contribution in [3.63, 3.8) is 0 Å². The number of hydrogen-bond donors (Lipinski definition) is 1. The highest BCUT2D eigenvalue weighted by Gasteiger charge is 2.47. The van der Waals surface area contributed by atoms with Gasteiger partial charge in [-0.15, -0.1) is 0 Å². The molecule has 68 valence electrons. The van der Waals surface area contributed by atoms with Gasteiger partial charge < -0.3 is 5.11 Å². The molecule has 2 nitrogen and oxygen atoms in total. The van der Waals surface area contributed by atoms with Crippen LogP contribution in [0.4, 0.5) is 8.78 Å². The standard InChI is InChI=1S/C8H10F2O2/c1-5(11)4-6(7(9)10)8(12)2-3-8/h4,7,12H,2-3H2,1H3/b6-4+. The average molecular weight is 176 g/mol. The number of rotatable bonds is 3. The number of allylic oxidation sites excluding steroid dienone is 1. The molecule has 0 bridgehead atoms. The lowest BCUT2D eigenvalue weighted by Gasteiger charge is -2.11. The Morgan fingerprint density at radius 2 is 2.08 bits per heavy atom. The predicted octanol–water partition coefficient (Wildman–Crippen LogP) is 1.29. The molecule has 0 aliphatic heterocycles. The second-order valence-corrected chi connectivity index (χ2v) is 3.04. The SMILES string of the molecule is CC(=O)/C=C(\C(F)F)C1(O)CC1. The first-order valence-electron chi connectivity index (χ1n) is 3.69. The first-order chi connectivity index (χ1) is 5.46. The van der Waals surface area contributed by atoms with Gasteiger partial charge in [0.25, 0.3) is 6.43 Å². The summed E-state index contributed by atoms with van der Waals surface area (Å²) in [4.78, 5) is 10.5. The third kappa shape index (κ3) is 1.88. The van der Waals surface area contributed by atoms with Crippen LogP contribution in [0.2, 0.25) is 0 Å². The Balaban J connectivity index is 2.82. The number of ketones is 1. The third-order valence-corrected chi connectivity index (χ3v) is 1.85. The van der Waals surface area contributed by atoms with Crippen molar-refractivity contribution in [1.29, 1.82) is 0 Å². The van der Waals surface area contributed by atoms with Gasteiger partial charge in [0.1, 0.15) is 0 Å². The summed E-state index contributed by atoms with van der Waals surface area (Å²) >= 11 is 0. The number of carbonyl (C=O) groups excluding carboxylic acids is 1. The Morgan fingerprint density at radius 1 is 1.58 bits per heavy atom. The maximum atomic E-state index is 12.2. The highest BCUT2D eigenvalue weighted by Crippen LogP contribution is 2.44. The zero-order chi connectivity index (χ0) is 9.35. The number of halogens is 2. The van der Waals surface area contributed by atoms with Gasteiger partial charge in [-0.25, -0.2) is 8.78 Å². The third-order valence-electron chi connectivity index (χ3n) is 1.85. The molecular weight excluding hydrogens is 166 g/mol. The van der Waals surface area contributed by atoms with Crippen LogP contribution in [-0.2, 0) is 4.79 Å². The van der Waals surface area contributed by atoms with E-state index in [0.29, 0.717) is 12.8 Å². The van der Waals surface area contributed by atoms with Gasteiger partial charge in [0.05, 0.1) is 5.60 Å². The molecule has 1 saturated carbocycles. The van der Waals surface area contributed by atoms with Crippen molar-refractivity contribution in [2.75, 3.05) is 0 Å². The van der Waals surface area contributed by atoms with E-state index in [1.807, 2.05) is 0 Å². The van der Waals surface area contributed by atoms with Gasteiger partial charge in [0, 0.05) is 5.57 Å². The van der Waals surface area contributed by atoms with Gasteiger partial charge in [-0.1, -0.05) is 0 Å². The van der Waals surface area contributed by atoms with Gasteiger partial charge >= 0.3 is 0 Å². The molecule has 0 radical (unpaired) electrons. The molecule has 0 amide bonds. The maximum Gasteiger partial charge on any atom is 0.263 e. The van der Waals surface area contributed by atoms with Crippen LogP contribution in [-0.4, -0.2) is 22.9 Å². The van der Waals surface area contributed by atoms with E-state index in [0.717, 1.165) is 6.08 Å². The van der Waals surface area contributed by atoms with E-state index in [2.05, 4.69) is 0 Å². The second-order valence-electron chi connectivity index (χ2n) is 3.04. The van der Waals surface area contributed by atoms with Crippen LogP contribution in [0.1, 0.15) is 19.8 Å². The Kier molecular flexibility index (Phi) is 2.28. The first kappa shape index (κ1) is 9.32. The molecule has 1 aliphatic rings. The van der Waals surface area contributed by atoms with Crippen LogP contribution >= 0.6 is 0 Å². The van der Waals surface area contributed by atoms with Crippen molar-refractivity contribution in [2.24, 2.45) is 0 Å². The Morgan fingerprint density at radius 3 is 2.33 bits per heavy atom. The monoisotopic (exact) mass is 176 g/mol. The van der Waals surface area contributed by atoms with Gasteiger partial charge in [-0.05, 0) is 25.8 Å². The van der Waals surface area contributed by atoms with E-state index >= 15 is 0 Å².